The van der Waals surface area contributed by atoms with Crippen LogP contribution in [0.5, 0.6) is 0 Å². The first kappa shape index (κ1) is 17.6. The molecule has 7 heteroatoms. The van der Waals surface area contributed by atoms with E-state index in [0.717, 1.165) is 11.1 Å². The summed E-state index contributed by atoms with van der Waals surface area (Å²) in [5.74, 6) is -0.341. The average molecular weight is 352 g/mol. The lowest BCUT2D eigenvalue weighted by Gasteiger charge is -2.13. The van der Waals surface area contributed by atoms with Crippen molar-refractivity contribution in [2.75, 3.05) is 0 Å². The Hall–Kier alpha value is -3.22. The van der Waals surface area contributed by atoms with Gasteiger partial charge in [0.15, 0.2) is 5.65 Å². The van der Waals surface area contributed by atoms with Gasteiger partial charge in [-0.3, -0.25) is 23.5 Å². The Kier molecular flexibility index (Phi) is 4.97. The van der Waals surface area contributed by atoms with E-state index in [1.165, 1.54) is 9.13 Å². The highest BCUT2D eigenvalue weighted by Crippen LogP contribution is 2.07. The SMILES string of the molecule is CCn1c(=O)c(=O)n(CC(=O)NCc2ccc(C)cc2)c2cccnc21. The molecule has 3 aromatic rings. The Morgan fingerprint density at radius 3 is 2.46 bits per heavy atom. The van der Waals surface area contributed by atoms with Gasteiger partial charge in [0.05, 0.1) is 5.52 Å². The fraction of sp³-hybridized carbons (Fsp3) is 0.263. The third-order valence-electron chi connectivity index (χ3n) is 4.21. The number of hydrogen-bond donors (Lipinski definition) is 1. The van der Waals surface area contributed by atoms with Crippen LogP contribution in [0.15, 0.2) is 52.2 Å². The van der Waals surface area contributed by atoms with Crippen LogP contribution < -0.4 is 16.4 Å². The molecule has 2 heterocycles. The number of carbonyl (C=O) groups excluding carboxylic acids is 1. The lowest BCUT2D eigenvalue weighted by Crippen LogP contribution is -2.43. The van der Waals surface area contributed by atoms with Crippen molar-refractivity contribution in [2.45, 2.75) is 33.5 Å². The molecule has 1 aromatic carbocycles. The van der Waals surface area contributed by atoms with E-state index in [4.69, 9.17) is 0 Å². The summed E-state index contributed by atoms with van der Waals surface area (Å²) in [6, 6.07) is 11.2. The summed E-state index contributed by atoms with van der Waals surface area (Å²) < 4.78 is 2.50. The molecule has 2 aromatic heterocycles. The minimum absolute atomic E-state index is 0.229. The van der Waals surface area contributed by atoms with Crippen molar-refractivity contribution in [3.63, 3.8) is 0 Å². The second kappa shape index (κ2) is 7.35. The highest BCUT2D eigenvalue weighted by molar-refractivity contribution is 5.78. The number of amides is 1. The zero-order valence-electron chi connectivity index (χ0n) is 14.7. The van der Waals surface area contributed by atoms with Crippen LogP contribution in [0.3, 0.4) is 0 Å². The summed E-state index contributed by atoms with van der Waals surface area (Å²) in [6.07, 6.45) is 1.56. The first-order chi connectivity index (χ1) is 12.5. The minimum atomic E-state index is -0.724. The van der Waals surface area contributed by atoms with E-state index in [-0.39, 0.29) is 12.5 Å². The topological polar surface area (TPSA) is 86.0 Å². The van der Waals surface area contributed by atoms with Crippen molar-refractivity contribution in [1.82, 2.24) is 19.4 Å². The predicted molar refractivity (Wildman–Crippen MR) is 99.0 cm³/mol. The molecule has 0 radical (unpaired) electrons. The molecule has 0 saturated heterocycles. The average Bonchev–Trinajstić information content (AvgIpc) is 2.65. The third-order valence-corrected chi connectivity index (χ3v) is 4.21. The van der Waals surface area contributed by atoms with Crippen LogP contribution in [0.1, 0.15) is 18.1 Å². The van der Waals surface area contributed by atoms with E-state index >= 15 is 0 Å². The smallest absolute Gasteiger partial charge is 0.318 e. The van der Waals surface area contributed by atoms with Crippen LogP contribution in [0.25, 0.3) is 11.2 Å². The summed E-state index contributed by atoms with van der Waals surface area (Å²) in [5.41, 5.74) is 1.56. The highest BCUT2D eigenvalue weighted by atomic mass is 16.2. The molecule has 0 unspecified atom stereocenters. The van der Waals surface area contributed by atoms with Gasteiger partial charge in [0, 0.05) is 19.3 Å². The third kappa shape index (κ3) is 3.42. The van der Waals surface area contributed by atoms with Crippen molar-refractivity contribution in [2.24, 2.45) is 0 Å². The van der Waals surface area contributed by atoms with Gasteiger partial charge in [0.1, 0.15) is 6.54 Å². The molecule has 0 atom stereocenters. The normalized spacial score (nSPS) is 10.8. The first-order valence-corrected chi connectivity index (χ1v) is 8.42. The number of aromatic nitrogens is 3. The van der Waals surface area contributed by atoms with Crippen LogP contribution >= 0.6 is 0 Å². The van der Waals surface area contributed by atoms with E-state index in [1.807, 2.05) is 31.2 Å². The zero-order chi connectivity index (χ0) is 18.7. The Bertz CT molecular complexity index is 1060. The number of nitrogens with zero attached hydrogens (tertiary/aromatic N) is 3. The first-order valence-electron chi connectivity index (χ1n) is 8.42. The fourth-order valence-corrected chi connectivity index (χ4v) is 2.80. The van der Waals surface area contributed by atoms with Gasteiger partial charge in [-0.15, -0.1) is 0 Å². The predicted octanol–water partition coefficient (Wildman–Crippen LogP) is 1.20. The summed E-state index contributed by atoms with van der Waals surface area (Å²) in [6.45, 7) is 4.23. The summed E-state index contributed by atoms with van der Waals surface area (Å²) in [5, 5.41) is 2.78. The number of hydrogen-bond acceptors (Lipinski definition) is 4. The van der Waals surface area contributed by atoms with Gasteiger partial charge in [-0.2, -0.15) is 0 Å². The van der Waals surface area contributed by atoms with Gasteiger partial charge in [-0.25, -0.2) is 4.98 Å². The molecule has 0 fully saturated rings. The zero-order valence-corrected chi connectivity index (χ0v) is 14.7. The maximum Gasteiger partial charge on any atom is 0.318 e. The van der Waals surface area contributed by atoms with E-state index in [1.54, 1.807) is 25.3 Å². The maximum absolute atomic E-state index is 12.4. The largest absolute Gasteiger partial charge is 0.350 e. The molecule has 0 aliphatic rings. The van der Waals surface area contributed by atoms with E-state index in [2.05, 4.69) is 10.3 Å². The molecule has 3 rings (SSSR count). The molecule has 0 aliphatic carbocycles. The van der Waals surface area contributed by atoms with Gasteiger partial charge >= 0.3 is 11.1 Å². The molecular formula is C19H20N4O3. The van der Waals surface area contributed by atoms with Crippen LogP contribution in [0.2, 0.25) is 0 Å². The molecule has 134 valence electrons. The number of rotatable bonds is 5. The Morgan fingerprint density at radius 2 is 1.77 bits per heavy atom. The molecule has 0 bridgehead atoms. The van der Waals surface area contributed by atoms with E-state index < -0.39 is 11.1 Å². The number of pyridine rings is 1. The fourth-order valence-electron chi connectivity index (χ4n) is 2.80. The maximum atomic E-state index is 12.4. The standard InChI is InChI=1S/C19H20N4O3/c1-3-22-17-15(5-4-10-20-17)23(19(26)18(22)25)12-16(24)21-11-14-8-6-13(2)7-9-14/h4-10H,3,11-12H2,1-2H3,(H,21,24). The van der Waals surface area contributed by atoms with Gasteiger partial charge < -0.3 is 5.32 Å². The molecule has 7 nitrogen and oxygen atoms in total. The molecule has 0 spiro atoms. The molecule has 0 saturated carbocycles. The number of carbonyl (C=O) groups is 1. The number of aryl methyl sites for hydroxylation is 2. The summed E-state index contributed by atoms with van der Waals surface area (Å²) >= 11 is 0. The number of benzene rings is 1. The van der Waals surface area contributed by atoms with Gasteiger partial charge in [-0.1, -0.05) is 29.8 Å². The second-order valence-corrected chi connectivity index (χ2v) is 6.05. The summed E-state index contributed by atoms with van der Waals surface area (Å²) in [7, 11) is 0. The molecule has 1 amide bonds. The van der Waals surface area contributed by atoms with Crippen molar-refractivity contribution in [3.05, 3.63) is 74.4 Å². The molecule has 0 aliphatic heterocycles. The summed E-state index contributed by atoms with van der Waals surface area (Å²) in [4.78, 5) is 41.2. The van der Waals surface area contributed by atoms with Crippen molar-refractivity contribution < 1.29 is 4.79 Å². The minimum Gasteiger partial charge on any atom is -0.350 e. The molecule has 1 N–H and O–H groups in total. The lowest BCUT2D eigenvalue weighted by molar-refractivity contribution is -0.121. The van der Waals surface area contributed by atoms with Crippen LogP contribution in [-0.4, -0.2) is 20.0 Å². The van der Waals surface area contributed by atoms with E-state index in [0.29, 0.717) is 24.3 Å². The van der Waals surface area contributed by atoms with Crippen molar-refractivity contribution in [1.29, 1.82) is 0 Å². The van der Waals surface area contributed by atoms with Crippen molar-refractivity contribution in [3.8, 4) is 0 Å². The van der Waals surface area contributed by atoms with E-state index in [9.17, 15) is 14.4 Å². The monoisotopic (exact) mass is 352 g/mol. The Morgan fingerprint density at radius 1 is 1.08 bits per heavy atom. The van der Waals surface area contributed by atoms with Gasteiger partial charge in [0.25, 0.3) is 0 Å². The lowest BCUT2D eigenvalue weighted by atomic mass is 10.1. The van der Waals surface area contributed by atoms with Gasteiger partial charge in [0.2, 0.25) is 5.91 Å². The van der Waals surface area contributed by atoms with Crippen LogP contribution in [-0.2, 0) is 24.4 Å². The highest BCUT2D eigenvalue weighted by Gasteiger charge is 2.15. The Labute approximate surface area is 149 Å². The van der Waals surface area contributed by atoms with Crippen LogP contribution in [0.4, 0.5) is 0 Å². The quantitative estimate of drug-likeness (QED) is 0.699. The second-order valence-electron chi connectivity index (χ2n) is 6.05. The number of fused-ring (bicyclic) bond motifs is 1. The molecule has 26 heavy (non-hydrogen) atoms. The molecular weight excluding hydrogens is 332 g/mol. The van der Waals surface area contributed by atoms with Gasteiger partial charge in [-0.05, 0) is 31.5 Å². The van der Waals surface area contributed by atoms with Crippen LogP contribution in [0, 0.1) is 6.92 Å². The van der Waals surface area contributed by atoms with Crippen molar-refractivity contribution >= 4 is 17.1 Å². The number of nitrogens with one attached hydrogen (secondary N) is 1. The Balaban J connectivity index is 1.87.